The lowest BCUT2D eigenvalue weighted by atomic mass is 10.1. The van der Waals surface area contributed by atoms with E-state index in [0.29, 0.717) is 11.3 Å². The maximum atomic E-state index is 10.8. The zero-order valence-electron chi connectivity index (χ0n) is 7.32. The lowest BCUT2D eigenvalue weighted by Crippen LogP contribution is -2.05. The Labute approximate surface area is 87.3 Å². The lowest BCUT2D eigenvalue weighted by Gasteiger charge is -2.02. The summed E-state index contributed by atoms with van der Waals surface area (Å²) in [6.07, 6.45) is 0. The normalized spacial score (nSPS) is 8.93. The number of hydrogen-bond donors (Lipinski definition) is 3. The number of benzene rings is 1. The van der Waals surface area contributed by atoms with Gasteiger partial charge in [-0.15, -0.1) is 0 Å². The number of aromatic carboxylic acids is 1. The molecule has 1 aromatic carbocycles. The smallest absolute Gasteiger partial charge is 0.339 e. The molecule has 3 nitrogen and oxygen atoms in total. The van der Waals surface area contributed by atoms with Gasteiger partial charge >= 0.3 is 5.97 Å². The summed E-state index contributed by atoms with van der Waals surface area (Å²) in [5, 5.41) is 8.88. The van der Waals surface area contributed by atoms with Gasteiger partial charge in [0, 0.05) is 11.3 Å². The van der Waals surface area contributed by atoms with E-state index >= 15 is 0 Å². The molecule has 0 amide bonds. The molecule has 1 rings (SSSR count). The first-order valence-electron chi connectivity index (χ1n) is 3.88. The van der Waals surface area contributed by atoms with E-state index < -0.39 is 5.97 Å². The van der Waals surface area contributed by atoms with Crippen molar-refractivity contribution < 1.29 is 9.90 Å². The summed E-state index contributed by atoms with van der Waals surface area (Å²) in [5.74, 6) is 4.70. The lowest BCUT2D eigenvalue weighted by molar-refractivity contribution is 0.0698. The number of rotatable bonds is 1. The zero-order valence-corrected chi connectivity index (χ0v) is 8.21. The Morgan fingerprint density at radius 1 is 1.57 bits per heavy atom. The maximum Gasteiger partial charge on any atom is 0.339 e. The van der Waals surface area contributed by atoms with E-state index in [9.17, 15) is 4.79 Å². The van der Waals surface area contributed by atoms with Gasteiger partial charge in [-0.1, -0.05) is 17.9 Å². The number of carboxylic acids is 1. The molecule has 0 spiro atoms. The van der Waals surface area contributed by atoms with E-state index in [1.54, 1.807) is 12.1 Å². The van der Waals surface area contributed by atoms with Gasteiger partial charge in [-0.25, -0.2) is 4.79 Å². The van der Waals surface area contributed by atoms with Crippen LogP contribution >= 0.6 is 12.6 Å². The molecule has 0 aromatic heterocycles. The largest absolute Gasteiger partial charge is 0.478 e. The van der Waals surface area contributed by atoms with Crippen LogP contribution in [0.5, 0.6) is 0 Å². The second-order valence-corrected chi connectivity index (χ2v) is 2.85. The molecule has 0 aliphatic rings. The molecule has 1 aromatic rings. The summed E-state index contributed by atoms with van der Waals surface area (Å²) < 4.78 is 0. The Bertz CT molecular complexity index is 418. The summed E-state index contributed by atoms with van der Waals surface area (Å²) in [6, 6.07) is 4.83. The molecule has 14 heavy (non-hydrogen) atoms. The van der Waals surface area contributed by atoms with Crippen LogP contribution in [0.25, 0.3) is 0 Å². The van der Waals surface area contributed by atoms with Gasteiger partial charge in [-0.3, -0.25) is 0 Å². The molecule has 0 bridgehead atoms. The van der Waals surface area contributed by atoms with Crippen LogP contribution in [0.4, 0.5) is 5.69 Å². The third kappa shape index (κ3) is 2.21. The highest BCUT2D eigenvalue weighted by Gasteiger charge is 2.11. The molecular weight excluding hydrogens is 198 g/mol. The topological polar surface area (TPSA) is 63.3 Å². The van der Waals surface area contributed by atoms with Crippen LogP contribution in [0.2, 0.25) is 0 Å². The molecule has 0 heterocycles. The summed E-state index contributed by atoms with van der Waals surface area (Å²) in [6.45, 7) is 0. The van der Waals surface area contributed by atoms with Crippen molar-refractivity contribution >= 4 is 24.3 Å². The van der Waals surface area contributed by atoms with Crippen molar-refractivity contribution in [1.29, 1.82) is 0 Å². The zero-order chi connectivity index (χ0) is 10.6. The van der Waals surface area contributed by atoms with Crippen molar-refractivity contribution in [3.05, 3.63) is 29.3 Å². The number of anilines is 1. The standard InChI is InChI=1S/C10H9NO2S/c11-8-5-1-3-7(4-2-6-14)9(8)10(12)13/h1,3,5,14H,6,11H2,(H,12,13). The van der Waals surface area contributed by atoms with Crippen molar-refractivity contribution in [1.82, 2.24) is 0 Å². The highest BCUT2D eigenvalue weighted by Crippen LogP contribution is 2.15. The number of nitrogens with two attached hydrogens (primary N) is 1. The summed E-state index contributed by atoms with van der Waals surface area (Å²) in [7, 11) is 0. The predicted octanol–water partition coefficient (Wildman–Crippen LogP) is 1.25. The van der Waals surface area contributed by atoms with Crippen molar-refractivity contribution in [3.63, 3.8) is 0 Å². The van der Waals surface area contributed by atoms with E-state index in [4.69, 9.17) is 10.8 Å². The highest BCUT2D eigenvalue weighted by molar-refractivity contribution is 7.80. The number of carbonyl (C=O) groups is 1. The van der Waals surface area contributed by atoms with E-state index in [1.807, 2.05) is 0 Å². The number of hydrogen-bond acceptors (Lipinski definition) is 3. The number of carboxylic acid groups (broad SMARTS) is 1. The Hall–Kier alpha value is -1.60. The Kier molecular flexibility index (Phi) is 3.43. The molecule has 0 fully saturated rings. The molecule has 0 aliphatic heterocycles. The minimum Gasteiger partial charge on any atom is -0.478 e. The van der Waals surface area contributed by atoms with Crippen LogP contribution in [0, 0.1) is 11.8 Å². The minimum absolute atomic E-state index is 0.0572. The molecule has 0 unspecified atom stereocenters. The SMILES string of the molecule is Nc1cccc(C#CCS)c1C(=O)O. The molecule has 0 atom stereocenters. The van der Waals surface area contributed by atoms with E-state index in [0.717, 1.165) is 0 Å². The third-order valence-corrected chi connectivity index (χ3v) is 1.77. The van der Waals surface area contributed by atoms with Crippen molar-refractivity contribution in [3.8, 4) is 11.8 Å². The molecule has 0 radical (unpaired) electrons. The first-order chi connectivity index (χ1) is 6.66. The molecule has 72 valence electrons. The average molecular weight is 207 g/mol. The van der Waals surface area contributed by atoms with Gasteiger partial charge in [0.25, 0.3) is 0 Å². The fourth-order valence-electron chi connectivity index (χ4n) is 1.05. The molecular formula is C10H9NO2S. The molecule has 0 saturated carbocycles. The van der Waals surface area contributed by atoms with Gasteiger partial charge < -0.3 is 10.8 Å². The predicted molar refractivity (Wildman–Crippen MR) is 58.5 cm³/mol. The van der Waals surface area contributed by atoms with Crippen LogP contribution in [-0.2, 0) is 0 Å². The Morgan fingerprint density at radius 2 is 2.29 bits per heavy atom. The average Bonchev–Trinajstić information content (AvgIpc) is 2.14. The maximum absolute atomic E-state index is 10.8. The molecule has 0 aliphatic carbocycles. The fraction of sp³-hybridized carbons (Fsp3) is 0.100. The number of nitrogen functional groups attached to an aromatic ring is 1. The molecule has 0 saturated heterocycles. The summed E-state index contributed by atoms with van der Waals surface area (Å²) in [4.78, 5) is 10.8. The van der Waals surface area contributed by atoms with Crippen LogP contribution < -0.4 is 5.73 Å². The van der Waals surface area contributed by atoms with Gasteiger partial charge in [-0.2, -0.15) is 12.6 Å². The fourth-order valence-corrected chi connectivity index (χ4v) is 1.13. The Balaban J connectivity index is 3.28. The van der Waals surface area contributed by atoms with Crippen molar-refractivity contribution in [2.75, 3.05) is 11.5 Å². The first kappa shape index (κ1) is 10.5. The van der Waals surface area contributed by atoms with Gasteiger partial charge in [0.05, 0.1) is 11.3 Å². The van der Waals surface area contributed by atoms with Crippen molar-refractivity contribution in [2.45, 2.75) is 0 Å². The first-order valence-corrected chi connectivity index (χ1v) is 4.51. The second-order valence-electron chi connectivity index (χ2n) is 2.53. The summed E-state index contributed by atoms with van der Waals surface area (Å²) >= 11 is 3.91. The van der Waals surface area contributed by atoms with Crippen LogP contribution in [0.3, 0.4) is 0 Å². The van der Waals surface area contributed by atoms with Gasteiger partial charge in [0.2, 0.25) is 0 Å². The van der Waals surface area contributed by atoms with E-state index in [-0.39, 0.29) is 11.3 Å². The summed E-state index contributed by atoms with van der Waals surface area (Å²) in [5.41, 5.74) is 6.23. The monoisotopic (exact) mass is 207 g/mol. The highest BCUT2D eigenvalue weighted by atomic mass is 32.1. The third-order valence-electron chi connectivity index (χ3n) is 1.61. The van der Waals surface area contributed by atoms with Gasteiger partial charge in [0.15, 0.2) is 0 Å². The van der Waals surface area contributed by atoms with Crippen LogP contribution in [0.15, 0.2) is 18.2 Å². The van der Waals surface area contributed by atoms with Crippen LogP contribution in [0.1, 0.15) is 15.9 Å². The van der Waals surface area contributed by atoms with E-state index in [1.165, 1.54) is 6.07 Å². The quantitative estimate of drug-likeness (QED) is 0.369. The molecule has 3 N–H and O–H groups in total. The molecule has 4 heteroatoms. The second kappa shape index (κ2) is 4.58. The Morgan fingerprint density at radius 3 is 2.86 bits per heavy atom. The minimum atomic E-state index is -1.06. The van der Waals surface area contributed by atoms with Crippen molar-refractivity contribution in [2.24, 2.45) is 0 Å². The number of thiol groups is 1. The van der Waals surface area contributed by atoms with E-state index in [2.05, 4.69) is 24.5 Å². The van der Waals surface area contributed by atoms with Gasteiger partial charge in [-0.05, 0) is 12.1 Å². The van der Waals surface area contributed by atoms with Gasteiger partial charge in [0.1, 0.15) is 0 Å². The van der Waals surface area contributed by atoms with Crippen LogP contribution in [-0.4, -0.2) is 16.8 Å².